The molecular weight excluding hydrogens is 401 g/mol. The molecule has 31 heavy (non-hydrogen) atoms. The number of methoxy groups -OCH3 is 2. The lowest BCUT2D eigenvalue weighted by Gasteiger charge is -2.52. The van der Waals surface area contributed by atoms with Crippen LogP contribution in [-0.4, -0.2) is 56.2 Å². The van der Waals surface area contributed by atoms with Gasteiger partial charge in [-0.05, 0) is 43.3 Å². The van der Waals surface area contributed by atoms with Gasteiger partial charge in [-0.3, -0.25) is 9.59 Å². The molecule has 4 rings (SSSR count). The quantitative estimate of drug-likeness (QED) is 0.812. The van der Waals surface area contributed by atoms with Crippen LogP contribution in [0.5, 0.6) is 11.5 Å². The Bertz CT molecular complexity index is 1020. The second-order valence-corrected chi connectivity index (χ2v) is 7.75. The first kappa shape index (κ1) is 21.0. The molecule has 1 saturated heterocycles. The number of hydrogen-bond acceptors (Lipinski definition) is 5. The predicted octanol–water partition coefficient (Wildman–Crippen LogP) is 3.05. The summed E-state index contributed by atoms with van der Waals surface area (Å²) in [6, 6.07) is 9.34. The van der Waals surface area contributed by atoms with E-state index < -0.39 is 5.66 Å². The molecule has 0 aromatic heterocycles. The summed E-state index contributed by atoms with van der Waals surface area (Å²) in [4.78, 5) is 29.6. The Balaban J connectivity index is 1.55. The molecule has 2 amide bonds. The number of rotatable bonds is 4. The third-order valence-corrected chi connectivity index (χ3v) is 6.18. The van der Waals surface area contributed by atoms with Gasteiger partial charge in [-0.15, -0.1) is 0 Å². The number of nitrogens with zero attached hydrogens (tertiary/aromatic N) is 2. The zero-order chi connectivity index (χ0) is 22.2. The Hall–Kier alpha value is -3.29. The Kier molecular flexibility index (Phi) is 5.47. The lowest BCUT2D eigenvalue weighted by molar-refractivity contribution is 0.0603. The Morgan fingerprint density at radius 1 is 1.10 bits per heavy atom. The van der Waals surface area contributed by atoms with Crippen LogP contribution >= 0.6 is 0 Å². The van der Waals surface area contributed by atoms with Gasteiger partial charge in [0.2, 0.25) is 0 Å². The molecule has 2 aromatic carbocycles. The zero-order valence-corrected chi connectivity index (χ0v) is 17.9. The SMILES string of the molecule is CCN1c2cc(F)ccc2C(=O)NC12CCN(C(=O)c1ccc(OC)c(OC)c1)CC2. The number of likely N-dealkylation sites (tertiary alicyclic amines) is 1. The second kappa shape index (κ2) is 8.09. The maximum atomic E-state index is 13.9. The van der Waals surface area contributed by atoms with Gasteiger partial charge in [-0.1, -0.05) is 0 Å². The number of piperidine rings is 1. The highest BCUT2D eigenvalue weighted by atomic mass is 19.1. The summed E-state index contributed by atoms with van der Waals surface area (Å²) in [6.07, 6.45) is 1.09. The zero-order valence-electron chi connectivity index (χ0n) is 17.9. The Morgan fingerprint density at radius 3 is 2.45 bits per heavy atom. The number of amides is 2. The lowest BCUT2D eigenvalue weighted by atomic mass is 9.89. The molecule has 1 fully saturated rings. The van der Waals surface area contributed by atoms with Crippen LogP contribution in [0.1, 0.15) is 40.5 Å². The molecule has 2 aromatic rings. The third-order valence-electron chi connectivity index (χ3n) is 6.18. The molecule has 2 aliphatic rings. The van der Waals surface area contributed by atoms with E-state index in [9.17, 15) is 14.0 Å². The van der Waals surface area contributed by atoms with Crippen LogP contribution in [0.15, 0.2) is 36.4 Å². The van der Waals surface area contributed by atoms with Crippen molar-refractivity contribution in [1.82, 2.24) is 10.2 Å². The Labute approximate surface area is 180 Å². The molecule has 0 saturated carbocycles. The molecule has 0 atom stereocenters. The highest BCUT2D eigenvalue weighted by Crippen LogP contribution is 2.38. The number of carbonyl (C=O) groups is 2. The number of hydrogen-bond donors (Lipinski definition) is 1. The van der Waals surface area contributed by atoms with E-state index in [0.29, 0.717) is 60.8 Å². The van der Waals surface area contributed by atoms with Gasteiger partial charge in [-0.25, -0.2) is 4.39 Å². The van der Waals surface area contributed by atoms with E-state index in [1.165, 1.54) is 25.3 Å². The van der Waals surface area contributed by atoms with Gasteiger partial charge in [-0.2, -0.15) is 0 Å². The number of anilines is 1. The fourth-order valence-corrected chi connectivity index (χ4v) is 4.60. The van der Waals surface area contributed by atoms with E-state index in [-0.39, 0.29) is 17.6 Å². The van der Waals surface area contributed by atoms with Crippen LogP contribution in [-0.2, 0) is 0 Å². The summed E-state index contributed by atoms with van der Waals surface area (Å²) in [6.45, 7) is 3.53. The molecule has 7 nitrogen and oxygen atoms in total. The van der Waals surface area contributed by atoms with Crippen molar-refractivity contribution in [2.75, 3.05) is 38.8 Å². The van der Waals surface area contributed by atoms with Gasteiger partial charge in [0.1, 0.15) is 11.5 Å². The standard InChI is InChI=1S/C23H26FN3O4/c1-4-27-18-14-16(24)6-7-17(18)21(28)25-23(27)9-11-26(12-10-23)22(29)15-5-8-19(30-2)20(13-15)31-3/h5-8,13-14H,4,9-12H2,1-3H3,(H,25,28). The van der Waals surface area contributed by atoms with Gasteiger partial charge in [0.05, 0.1) is 25.5 Å². The topological polar surface area (TPSA) is 71.1 Å². The van der Waals surface area contributed by atoms with Gasteiger partial charge < -0.3 is 24.6 Å². The molecule has 164 valence electrons. The van der Waals surface area contributed by atoms with Crippen LogP contribution in [0.4, 0.5) is 10.1 Å². The van der Waals surface area contributed by atoms with Crippen molar-refractivity contribution in [1.29, 1.82) is 0 Å². The average molecular weight is 427 g/mol. The number of ether oxygens (including phenoxy) is 2. The van der Waals surface area contributed by atoms with Crippen molar-refractivity contribution in [2.24, 2.45) is 0 Å². The summed E-state index contributed by atoms with van der Waals surface area (Å²) in [5.74, 6) is 0.373. The minimum absolute atomic E-state index is 0.104. The Morgan fingerprint density at radius 2 is 1.81 bits per heavy atom. The number of halogens is 1. The molecule has 2 heterocycles. The first-order valence-electron chi connectivity index (χ1n) is 10.3. The smallest absolute Gasteiger partial charge is 0.255 e. The number of nitrogens with one attached hydrogen (secondary N) is 1. The van der Waals surface area contributed by atoms with Crippen molar-refractivity contribution in [3.8, 4) is 11.5 Å². The van der Waals surface area contributed by atoms with Gasteiger partial charge in [0.15, 0.2) is 11.5 Å². The second-order valence-electron chi connectivity index (χ2n) is 7.75. The normalized spacial score (nSPS) is 17.2. The lowest BCUT2D eigenvalue weighted by Crippen LogP contribution is -2.68. The van der Waals surface area contributed by atoms with Gasteiger partial charge in [0, 0.05) is 38.0 Å². The fourth-order valence-electron chi connectivity index (χ4n) is 4.60. The molecule has 1 spiro atoms. The van der Waals surface area contributed by atoms with Crippen LogP contribution in [0.2, 0.25) is 0 Å². The van der Waals surface area contributed by atoms with Crippen molar-refractivity contribution in [3.05, 3.63) is 53.3 Å². The molecule has 1 N–H and O–H groups in total. The molecule has 0 aliphatic carbocycles. The molecule has 2 aliphatic heterocycles. The van der Waals surface area contributed by atoms with E-state index in [2.05, 4.69) is 5.32 Å². The van der Waals surface area contributed by atoms with Gasteiger partial charge in [0.25, 0.3) is 11.8 Å². The van der Waals surface area contributed by atoms with Crippen molar-refractivity contribution in [3.63, 3.8) is 0 Å². The van der Waals surface area contributed by atoms with Crippen LogP contribution < -0.4 is 19.7 Å². The van der Waals surface area contributed by atoms with E-state index >= 15 is 0 Å². The van der Waals surface area contributed by atoms with Crippen LogP contribution in [0.3, 0.4) is 0 Å². The highest BCUT2D eigenvalue weighted by Gasteiger charge is 2.46. The molecule has 0 radical (unpaired) electrons. The molecular formula is C23H26FN3O4. The summed E-state index contributed by atoms with van der Waals surface area (Å²) in [5, 5.41) is 3.13. The number of fused-ring (bicyclic) bond motifs is 1. The highest BCUT2D eigenvalue weighted by molar-refractivity contribution is 6.02. The maximum Gasteiger partial charge on any atom is 0.255 e. The van der Waals surface area contributed by atoms with Crippen molar-refractivity contribution in [2.45, 2.75) is 25.4 Å². The summed E-state index contributed by atoms with van der Waals surface area (Å²) >= 11 is 0. The molecule has 8 heteroatoms. The van der Waals surface area contributed by atoms with E-state index in [1.54, 1.807) is 30.2 Å². The fraction of sp³-hybridized carbons (Fsp3) is 0.391. The average Bonchev–Trinajstić information content (AvgIpc) is 2.78. The van der Waals surface area contributed by atoms with Crippen molar-refractivity contribution >= 4 is 17.5 Å². The van der Waals surface area contributed by atoms with E-state index in [1.807, 2.05) is 11.8 Å². The summed E-state index contributed by atoms with van der Waals surface area (Å²) < 4.78 is 24.5. The largest absolute Gasteiger partial charge is 0.493 e. The number of carbonyl (C=O) groups excluding carboxylic acids is 2. The first-order chi connectivity index (χ1) is 14.9. The monoisotopic (exact) mass is 427 g/mol. The maximum absolute atomic E-state index is 13.9. The minimum atomic E-state index is -0.638. The third kappa shape index (κ3) is 3.56. The predicted molar refractivity (Wildman–Crippen MR) is 114 cm³/mol. The summed E-state index contributed by atoms with van der Waals surface area (Å²) in [5.41, 5.74) is 0.950. The van der Waals surface area contributed by atoms with Crippen molar-refractivity contribution < 1.29 is 23.5 Å². The van der Waals surface area contributed by atoms with Gasteiger partial charge >= 0.3 is 0 Å². The summed E-state index contributed by atoms with van der Waals surface area (Å²) in [7, 11) is 3.08. The molecule has 0 unspecified atom stereocenters. The minimum Gasteiger partial charge on any atom is -0.493 e. The van der Waals surface area contributed by atoms with E-state index in [4.69, 9.17) is 9.47 Å². The molecule has 0 bridgehead atoms. The van der Waals surface area contributed by atoms with E-state index in [0.717, 1.165) is 0 Å². The number of benzene rings is 2. The van der Waals surface area contributed by atoms with Crippen LogP contribution in [0.25, 0.3) is 0 Å². The first-order valence-corrected chi connectivity index (χ1v) is 10.3. The van der Waals surface area contributed by atoms with Crippen LogP contribution in [0, 0.1) is 5.82 Å².